The van der Waals surface area contributed by atoms with E-state index in [9.17, 15) is 18.0 Å². The maximum absolute atomic E-state index is 14.1. The molecule has 9 heteroatoms. The number of aryl methyl sites for hydroxylation is 1. The van der Waals surface area contributed by atoms with Crippen LogP contribution in [0.1, 0.15) is 83.6 Å². The lowest BCUT2D eigenvalue weighted by molar-refractivity contribution is -0.123. The van der Waals surface area contributed by atoms with E-state index in [0.717, 1.165) is 52.7 Å². The summed E-state index contributed by atoms with van der Waals surface area (Å²) >= 11 is 7.00. The Morgan fingerprint density at radius 2 is 1.67 bits per heavy atom. The highest BCUT2D eigenvalue weighted by Crippen LogP contribution is 2.38. The fourth-order valence-corrected chi connectivity index (χ4v) is 6.74. The SMILES string of the molecule is Cc1ccccc1C1=CCC(Cl)(NC(=O)[C@H](Cc2ccc(C(=O)NCCS(=O)(=O)O)cc2)c2ccc(C3=CCC(C)(C)CC3)cc2)C=C1. The first-order valence-corrected chi connectivity index (χ1v) is 18.3. The van der Waals surface area contributed by atoms with Gasteiger partial charge in [0.2, 0.25) is 5.91 Å². The van der Waals surface area contributed by atoms with Crippen molar-refractivity contribution < 1.29 is 22.6 Å². The standard InChI is InChI=1S/C39H43ClN2O5S/c1-27-6-4-5-7-34(27)32-18-22-39(40,23-19-32)42-37(44)35(31-14-12-29(13-15-31)30-16-20-38(2,3)21-17-30)26-28-8-10-33(11-9-28)36(43)41-24-25-48(45,46)47/h4-16,18-19,22,35H,17,20-21,23-26H2,1-3H3,(H,41,43)(H,42,44)(H,45,46,47)/t35-,39?/m1/s1. The topological polar surface area (TPSA) is 113 Å². The molecule has 3 aromatic rings. The van der Waals surface area contributed by atoms with Crippen LogP contribution in [-0.4, -0.2) is 42.1 Å². The third-order valence-corrected chi connectivity index (χ3v) is 10.3. The second-order valence-electron chi connectivity index (χ2n) is 13.6. The number of rotatable bonds is 11. The average Bonchev–Trinajstić information content (AvgIpc) is 3.04. The molecule has 2 aliphatic carbocycles. The number of carbonyl (C=O) groups is 2. The predicted molar refractivity (Wildman–Crippen MR) is 193 cm³/mol. The molecule has 2 atom stereocenters. The number of hydrogen-bond acceptors (Lipinski definition) is 4. The Balaban J connectivity index is 1.34. The largest absolute Gasteiger partial charge is 0.351 e. The van der Waals surface area contributed by atoms with E-state index in [2.05, 4.69) is 67.8 Å². The van der Waals surface area contributed by atoms with Gasteiger partial charge in [0.1, 0.15) is 5.00 Å². The highest BCUT2D eigenvalue weighted by atomic mass is 35.5. The number of amides is 2. The molecule has 0 radical (unpaired) electrons. The van der Waals surface area contributed by atoms with Gasteiger partial charge >= 0.3 is 0 Å². The molecule has 1 unspecified atom stereocenters. The molecule has 3 aromatic carbocycles. The highest BCUT2D eigenvalue weighted by molar-refractivity contribution is 7.85. The second kappa shape index (κ2) is 14.6. The summed E-state index contributed by atoms with van der Waals surface area (Å²) in [6.45, 7) is 6.45. The van der Waals surface area contributed by atoms with Gasteiger partial charge in [-0.2, -0.15) is 8.42 Å². The van der Waals surface area contributed by atoms with Crippen molar-refractivity contribution in [1.29, 1.82) is 0 Å². The van der Waals surface area contributed by atoms with E-state index in [4.69, 9.17) is 16.2 Å². The van der Waals surface area contributed by atoms with Gasteiger partial charge in [0.15, 0.2) is 0 Å². The van der Waals surface area contributed by atoms with Crippen LogP contribution in [0.25, 0.3) is 11.1 Å². The molecule has 48 heavy (non-hydrogen) atoms. The maximum atomic E-state index is 14.1. The van der Waals surface area contributed by atoms with Gasteiger partial charge < -0.3 is 10.6 Å². The van der Waals surface area contributed by atoms with Crippen LogP contribution < -0.4 is 10.6 Å². The fraction of sp³-hybridized carbons (Fsp3) is 0.333. The van der Waals surface area contributed by atoms with E-state index in [1.165, 1.54) is 5.57 Å². The van der Waals surface area contributed by atoms with Crippen LogP contribution >= 0.6 is 11.6 Å². The molecule has 5 rings (SSSR count). The van der Waals surface area contributed by atoms with Gasteiger partial charge in [0, 0.05) is 18.5 Å². The van der Waals surface area contributed by atoms with E-state index in [1.807, 2.05) is 36.4 Å². The van der Waals surface area contributed by atoms with Crippen LogP contribution in [0.3, 0.4) is 0 Å². The fourth-order valence-electron chi connectivity index (χ4n) is 6.15. The number of benzene rings is 3. The summed E-state index contributed by atoms with van der Waals surface area (Å²) in [5.41, 5.74) is 8.20. The molecule has 252 valence electrons. The monoisotopic (exact) mass is 686 g/mol. The van der Waals surface area contributed by atoms with Crippen LogP contribution in [0.2, 0.25) is 0 Å². The van der Waals surface area contributed by atoms with Gasteiger partial charge in [-0.3, -0.25) is 14.1 Å². The normalized spacial score (nSPS) is 19.5. The van der Waals surface area contributed by atoms with E-state index in [-0.39, 0.29) is 12.5 Å². The first-order chi connectivity index (χ1) is 22.7. The van der Waals surface area contributed by atoms with Crippen LogP contribution in [0, 0.1) is 12.3 Å². The average molecular weight is 687 g/mol. The summed E-state index contributed by atoms with van der Waals surface area (Å²) < 4.78 is 30.9. The Morgan fingerprint density at radius 1 is 0.958 bits per heavy atom. The lowest BCUT2D eigenvalue weighted by Gasteiger charge is -2.30. The Hall–Kier alpha value is -3.98. The quantitative estimate of drug-likeness (QED) is 0.109. The van der Waals surface area contributed by atoms with Gasteiger partial charge in [0.05, 0.1) is 11.7 Å². The van der Waals surface area contributed by atoms with Crippen molar-refractivity contribution in [3.63, 3.8) is 0 Å². The van der Waals surface area contributed by atoms with Crippen LogP contribution in [0.4, 0.5) is 0 Å². The Kier molecular flexibility index (Phi) is 10.8. The summed E-state index contributed by atoms with van der Waals surface area (Å²) in [5, 5.41) is 5.59. The summed E-state index contributed by atoms with van der Waals surface area (Å²) in [6.07, 6.45) is 12.2. The third kappa shape index (κ3) is 9.34. The number of nitrogens with one attached hydrogen (secondary N) is 2. The van der Waals surface area contributed by atoms with Crippen molar-refractivity contribution in [3.8, 4) is 0 Å². The minimum absolute atomic E-state index is 0.206. The highest BCUT2D eigenvalue weighted by Gasteiger charge is 2.32. The summed E-state index contributed by atoms with van der Waals surface area (Å²) in [5.74, 6) is -1.79. The van der Waals surface area contributed by atoms with Crippen molar-refractivity contribution in [2.24, 2.45) is 5.41 Å². The Bertz CT molecular complexity index is 1860. The van der Waals surface area contributed by atoms with E-state index in [0.29, 0.717) is 23.8 Å². The van der Waals surface area contributed by atoms with Gasteiger partial charge in [-0.05, 0) is 95.2 Å². The van der Waals surface area contributed by atoms with E-state index in [1.54, 1.807) is 24.3 Å². The van der Waals surface area contributed by atoms with Crippen molar-refractivity contribution in [2.75, 3.05) is 12.3 Å². The van der Waals surface area contributed by atoms with Gasteiger partial charge in [0.25, 0.3) is 16.0 Å². The molecule has 0 heterocycles. The molecular weight excluding hydrogens is 644 g/mol. The van der Waals surface area contributed by atoms with Crippen molar-refractivity contribution in [3.05, 3.63) is 130 Å². The molecule has 2 aliphatic rings. The minimum Gasteiger partial charge on any atom is -0.351 e. The second-order valence-corrected chi connectivity index (χ2v) is 15.8. The lowest BCUT2D eigenvalue weighted by atomic mass is 9.77. The summed E-state index contributed by atoms with van der Waals surface area (Å²) in [4.78, 5) is 25.5. The van der Waals surface area contributed by atoms with Gasteiger partial charge in [-0.25, -0.2) is 0 Å². The molecule has 2 amide bonds. The molecule has 0 aliphatic heterocycles. The van der Waals surface area contributed by atoms with Gasteiger partial charge in [-0.1, -0.05) is 104 Å². The molecule has 3 N–H and O–H groups in total. The summed E-state index contributed by atoms with van der Waals surface area (Å²) in [7, 11) is -4.18. The number of halogens is 1. The zero-order chi connectivity index (χ0) is 34.5. The number of alkyl halides is 1. The van der Waals surface area contributed by atoms with Crippen LogP contribution in [-0.2, 0) is 21.3 Å². The molecule has 0 bridgehead atoms. The third-order valence-electron chi connectivity index (χ3n) is 9.21. The zero-order valence-corrected chi connectivity index (χ0v) is 29.2. The van der Waals surface area contributed by atoms with Crippen LogP contribution in [0.15, 0.2) is 97.1 Å². The predicted octanol–water partition coefficient (Wildman–Crippen LogP) is 7.63. The van der Waals surface area contributed by atoms with Crippen LogP contribution in [0.5, 0.6) is 0 Å². The maximum Gasteiger partial charge on any atom is 0.266 e. The molecule has 0 saturated heterocycles. The zero-order valence-electron chi connectivity index (χ0n) is 27.6. The number of hydrogen-bond donors (Lipinski definition) is 3. The molecule has 0 fully saturated rings. The Labute approximate surface area is 288 Å². The Morgan fingerprint density at radius 3 is 2.27 bits per heavy atom. The van der Waals surface area contributed by atoms with E-state index >= 15 is 0 Å². The molecule has 0 aromatic heterocycles. The smallest absolute Gasteiger partial charge is 0.266 e. The molecular formula is C39H43ClN2O5S. The number of carbonyl (C=O) groups excluding carboxylic acids is 2. The minimum atomic E-state index is -4.18. The van der Waals surface area contributed by atoms with Crippen molar-refractivity contribution >= 4 is 44.7 Å². The summed E-state index contributed by atoms with van der Waals surface area (Å²) in [6, 6.07) is 23.2. The van der Waals surface area contributed by atoms with Crippen molar-refractivity contribution in [1.82, 2.24) is 10.6 Å². The first kappa shape index (κ1) is 35.3. The lowest BCUT2D eigenvalue weighted by Crippen LogP contribution is -2.45. The molecule has 7 nitrogen and oxygen atoms in total. The van der Waals surface area contributed by atoms with Gasteiger partial charge in [-0.15, -0.1) is 0 Å². The van der Waals surface area contributed by atoms with E-state index < -0.39 is 32.7 Å². The first-order valence-electron chi connectivity index (χ1n) is 16.3. The number of allylic oxidation sites excluding steroid dienone is 4. The van der Waals surface area contributed by atoms with Crippen molar-refractivity contribution in [2.45, 2.75) is 63.8 Å². The molecule has 0 spiro atoms. The molecule has 0 saturated carbocycles.